The summed E-state index contributed by atoms with van der Waals surface area (Å²) in [6, 6.07) is 10.3. The second-order valence-corrected chi connectivity index (χ2v) is 7.51. The molecule has 0 atom stereocenters. The SMILES string of the molecule is COc1ccc(OC)c(S(=O)(=O)NCCc2nc(-c3ccc(F)cc3)n[nH]2)c1. The summed E-state index contributed by atoms with van der Waals surface area (Å²) in [4.78, 5) is 4.28. The van der Waals surface area contributed by atoms with Gasteiger partial charge in [0.1, 0.15) is 28.0 Å². The molecule has 0 amide bonds. The van der Waals surface area contributed by atoms with Gasteiger partial charge in [-0.1, -0.05) is 0 Å². The van der Waals surface area contributed by atoms with Gasteiger partial charge < -0.3 is 9.47 Å². The van der Waals surface area contributed by atoms with Crippen LogP contribution in [-0.4, -0.2) is 44.4 Å². The van der Waals surface area contributed by atoms with Crippen LogP contribution in [0.5, 0.6) is 11.5 Å². The summed E-state index contributed by atoms with van der Waals surface area (Å²) in [6.07, 6.45) is 0.291. The van der Waals surface area contributed by atoms with Gasteiger partial charge in [-0.05, 0) is 36.4 Å². The molecule has 3 rings (SSSR count). The molecule has 0 bridgehead atoms. The Morgan fingerprint density at radius 3 is 2.54 bits per heavy atom. The van der Waals surface area contributed by atoms with Crippen molar-refractivity contribution in [2.24, 2.45) is 0 Å². The summed E-state index contributed by atoms with van der Waals surface area (Å²) >= 11 is 0. The molecule has 0 spiro atoms. The maximum atomic E-state index is 13.0. The summed E-state index contributed by atoms with van der Waals surface area (Å²) in [7, 11) is -0.967. The first-order chi connectivity index (χ1) is 13.4. The Kier molecular flexibility index (Phi) is 5.90. The fourth-order valence-electron chi connectivity index (χ4n) is 2.51. The number of ether oxygens (including phenoxy) is 2. The van der Waals surface area contributed by atoms with E-state index < -0.39 is 10.0 Å². The number of aromatic amines is 1. The summed E-state index contributed by atoms with van der Waals surface area (Å²) in [6.45, 7) is 0.0980. The van der Waals surface area contributed by atoms with Crippen molar-refractivity contribution < 1.29 is 22.3 Å². The van der Waals surface area contributed by atoms with E-state index in [1.54, 1.807) is 18.2 Å². The zero-order valence-corrected chi connectivity index (χ0v) is 16.1. The predicted octanol–water partition coefficient (Wildman–Crippen LogP) is 2.15. The minimum atomic E-state index is -3.81. The first-order valence-corrected chi connectivity index (χ1v) is 9.80. The van der Waals surface area contributed by atoms with Crippen LogP contribution in [0, 0.1) is 5.82 Å². The lowest BCUT2D eigenvalue weighted by Crippen LogP contribution is -2.26. The van der Waals surface area contributed by atoms with Gasteiger partial charge in [-0.2, -0.15) is 5.10 Å². The largest absolute Gasteiger partial charge is 0.497 e. The normalized spacial score (nSPS) is 11.4. The van der Waals surface area contributed by atoms with E-state index in [2.05, 4.69) is 19.9 Å². The molecule has 0 aliphatic heterocycles. The van der Waals surface area contributed by atoms with Crippen molar-refractivity contribution >= 4 is 10.0 Å². The molecule has 0 saturated carbocycles. The Bertz CT molecular complexity index is 1050. The number of methoxy groups -OCH3 is 2. The molecule has 8 nitrogen and oxygen atoms in total. The molecule has 28 heavy (non-hydrogen) atoms. The quantitative estimate of drug-likeness (QED) is 0.594. The average molecular weight is 406 g/mol. The van der Waals surface area contributed by atoms with E-state index in [0.717, 1.165) is 0 Å². The fraction of sp³-hybridized carbons (Fsp3) is 0.222. The smallest absolute Gasteiger partial charge is 0.244 e. The molecule has 2 aromatic carbocycles. The molecule has 0 fully saturated rings. The van der Waals surface area contributed by atoms with E-state index in [1.165, 1.54) is 38.5 Å². The zero-order valence-electron chi connectivity index (χ0n) is 15.3. The maximum absolute atomic E-state index is 13.0. The van der Waals surface area contributed by atoms with Gasteiger partial charge in [0.2, 0.25) is 10.0 Å². The first-order valence-electron chi connectivity index (χ1n) is 8.32. The van der Waals surface area contributed by atoms with Crippen LogP contribution in [0.15, 0.2) is 47.4 Å². The Morgan fingerprint density at radius 2 is 1.86 bits per heavy atom. The highest BCUT2D eigenvalue weighted by atomic mass is 32.2. The Balaban J connectivity index is 1.67. The molecule has 0 radical (unpaired) electrons. The third-order valence-electron chi connectivity index (χ3n) is 3.95. The summed E-state index contributed by atoms with van der Waals surface area (Å²) < 4.78 is 50.9. The van der Waals surface area contributed by atoms with Crippen LogP contribution in [0.3, 0.4) is 0 Å². The standard InChI is InChI=1S/C18H19FN4O4S/c1-26-14-7-8-15(27-2)16(11-14)28(24,25)20-10-9-17-21-18(23-22-17)12-3-5-13(19)6-4-12/h3-8,11,20H,9-10H2,1-2H3,(H,21,22,23). The highest BCUT2D eigenvalue weighted by Gasteiger charge is 2.20. The molecule has 0 unspecified atom stereocenters. The van der Waals surface area contributed by atoms with Crippen molar-refractivity contribution in [3.8, 4) is 22.9 Å². The number of hydrogen-bond acceptors (Lipinski definition) is 6. The van der Waals surface area contributed by atoms with E-state index in [4.69, 9.17) is 9.47 Å². The lowest BCUT2D eigenvalue weighted by molar-refractivity contribution is 0.392. The minimum absolute atomic E-state index is 0.0149. The van der Waals surface area contributed by atoms with Crippen molar-refractivity contribution in [2.75, 3.05) is 20.8 Å². The molecular formula is C18H19FN4O4S. The summed E-state index contributed by atoms with van der Waals surface area (Å²) in [5.41, 5.74) is 0.658. The van der Waals surface area contributed by atoms with E-state index in [-0.39, 0.29) is 23.0 Å². The van der Waals surface area contributed by atoms with Crippen LogP contribution < -0.4 is 14.2 Å². The van der Waals surface area contributed by atoms with E-state index in [1.807, 2.05) is 0 Å². The average Bonchev–Trinajstić information content (AvgIpc) is 3.16. The molecule has 0 saturated heterocycles. The third kappa shape index (κ3) is 4.46. The van der Waals surface area contributed by atoms with Crippen LogP contribution in [0.1, 0.15) is 5.82 Å². The second kappa shape index (κ2) is 8.36. The van der Waals surface area contributed by atoms with Crippen molar-refractivity contribution in [3.63, 3.8) is 0 Å². The van der Waals surface area contributed by atoms with Gasteiger partial charge in [0.05, 0.1) is 14.2 Å². The molecule has 148 valence electrons. The van der Waals surface area contributed by atoms with E-state index in [9.17, 15) is 12.8 Å². The van der Waals surface area contributed by atoms with Crippen LogP contribution >= 0.6 is 0 Å². The predicted molar refractivity (Wildman–Crippen MR) is 100 cm³/mol. The van der Waals surface area contributed by atoms with Crippen molar-refractivity contribution in [2.45, 2.75) is 11.3 Å². The number of aromatic nitrogens is 3. The van der Waals surface area contributed by atoms with Gasteiger partial charge >= 0.3 is 0 Å². The van der Waals surface area contributed by atoms with Crippen LogP contribution in [0.25, 0.3) is 11.4 Å². The molecule has 10 heteroatoms. The number of hydrogen-bond donors (Lipinski definition) is 2. The van der Waals surface area contributed by atoms with E-state index in [0.29, 0.717) is 29.4 Å². The highest BCUT2D eigenvalue weighted by Crippen LogP contribution is 2.27. The topological polar surface area (TPSA) is 106 Å². The highest BCUT2D eigenvalue weighted by molar-refractivity contribution is 7.89. The first kappa shape index (κ1) is 19.8. The number of rotatable bonds is 8. The molecular weight excluding hydrogens is 387 g/mol. The Labute approximate surface area is 161 Å². The maximum Gasteiger partial charge on any atom is 0.244 e. The van der Waals surface area contributed by atoms with Gasteiger partial charge in [0, 0.05) is 24.6 Å². The molecule has 1 aromatic heterocycles. The van der Waals surface area contributed by atoms with E-state index >= 15 is 0 Å². The molecule has 2 N–H and O–H groups in total. The molecule has 0 aliphatic rings. The Hall–Kier alpha value is -2.98. The monoisotopic (exact) mass is 406 g/mol. The van der Waals surface area contributed by atoms with Crippen molar-refractivity contribution in [3.05, 3.63) is 54.1 Å². The minimum Gasteiger partial charge on any atom is -0.497 e. The lowest BCUT2D eigenvalue weighted by atomic mass is 10.2. The van der Waals surface area contributed by atoms with Crippen LogP contribution in [-0.2, 0) is 16.4 Å². The van der Waals surface area contributed by atoms with Gasteiger partial charge in [-0.15, -0.1) is 0 Å². The van der Waals surface area contributed by atoms with Gasteiger partial charge in [-0.25, -0.2) is 22.5 Å². The second-order valence-electron chi connectivity index (χ2n) is 5.78. The van der Waals surface area contributed by atoms with Crippen LogP contribution in [0.4, 0.5) is 4.39 Å². The molecule has 3 aromatic rings. The number of sulfonamides is 1. The molecule has 1 heterocycles. The fourth-order valence-corrected chi connectivity index (χ4v) is 3.72. The summed E-state index contributed by atoms with van der Waals surface area (Å²) in [5, 5.41) is 6.82. The van der Waals surface area contributed by atoms with Gasteiger partial charge in [0.15, 0.2) is 5.82 Å². The van der Waals surface area contributed by atoms with Crippen LogP contribution in [0.2, 0.25) is 0 Å². The number of H-pyrrole nitrogens is 1. The zero-order chi connectivity index (χ0) is 20.1. The van der Waals surface area contributed by atoms with Crippen molar-refractivity contribution in [1.29, 1.82) is 0 Å². The number of benzene rings is 2. The van der Waals surface area contributed by atoms with Crippen molar-refractivity contribution in [1.82, 2.24) is 19.9 Å². The summed E-state index contributed by atoms with van der Waals surface area (Å²) in [5.74, 6) is 1.18. The lowest BCUT2D eigenvalue weighted by Gasteiger charge is -2.11. The third-order valence-corrected chi connectivity index (χ3v) is 5.43. The van der Waals surface area contributed by atoms with Gasteiger partial charge in [-0.3, -0.25) is 5.10 Å². The number of nitrogens with one attached hydrogen (secondary N) is 2. The number of halogens is 1. The molecule has 0 aliphatic carbocycles. The number of nitrogens with zero attached hydrogens (tertiary/aromatic N) is 2. The van der Waals surface area contributed by atoms with Gasteiger partial charge in [0.25, 0.3) is 0 Å². The Morgan fingerprint density at radius 1 is 1.11 bits per heavy atom.